The molecule has 0 spiro atoms. The predicted molar refractivity (Wildman–Crippen MR) is 124 cm³/mol. The van der Waals surface area contributed by atoms with Crippen LogP contribution in [0.4, 0.5) is 4.79 Å². The molecule has 164 valence electrons. The molecule has 2 rings (SSSR count). The maximum Gasteiger partial charge on any atom is 0.514 e. The van der Waals surface area contributed by atoms with E-state index in [4.69, 9.17) is 9.47 Å². The molecular weight excluding hydrogens is 372 g/mol. The fourth-order valence-corrected chi connectivity index (χ4v) is 3.72. The van der Waals surface area contributed by atoms with Gasteiger partial charge >= 0.3 is 6.16 Å². The van der Waals surface area contributed by atoms with Crippen LogP contribution in [0.5, 0.6) is 5.75 Å². The van der Waals surface area contributed by atoms with Crippen LogP contribution in [0, 0.1) is 0 Å². The lowest BCUT2D eigenvalue weighted by atomic mass is 9.97. The summed E-state index contributed by atoms with van der Waals surface area (Å²) in [4.78, 5) is 12.7. The Labute approximate surface area is 182 Å². The van der Waals surface area contributed by atoms with Gasteiger partial charge in [0.25, 0.3) is 0 Å². The van der Waals surface area contributed by atoms with Gasteiger partial charge in [0.05, 0.1) is 0 Å². The average molecular weight is 411 g/mol. The second-order valence-electron chi connectivity index (χ2n) is 7.97. The highest BCUT2D eigenvalue weighted by atomic mass is 16.7. The van der Waals surface area contributed by atoms with Crippen molar-refractivity contribution >= 4 is 6.16 Å². The van der Waals surface area contributed by atoms with Crippen molar-refractivity contribution in [3.8, 4) is 5.75 Å². The van der Waals surface area contributed by atoms with Crippen molar-refractivity contribution in [2.24, 2.45) is 0 Å². The van der Waals surface area contributed by atoms with Gasteiger partial charge in [0.2, 0.25) is 0 Å². The third-order valence-electron chi connectivity index (χ3n) is 5.48. The fourth-order valence-electron chi connectivity index (χ4n) is 3.72. The molecule has 0 saturated carbocycles. The van der Waals surface area contributed by atoms with E-state index < -0.39 is 6.16 Å². The first-order valence-corrected chi connectivity index (χ1v) is 11.7. The standard InChI is InChI=1S/C27H38O3/c1-4-7-11-20-25(23-16-12-10-13-17-23)29-27(28)30-26-21-14-18-22(15-8-5-2)24(26)19-9-6-3/h10,12-14,16-18,21,25H,4-9,11,15,19-20H2,1-3H3. The van der Waals surface area contributed by atoms with Crippen LogP contribution in [0.2, 0.25) is 0 Å². The normalized spacial score (nSPS) is 11.8. The van der Waals surface area contributed by atoms with Gasteiger partial charge in [-0.3, -0.25) is 0 Å². The molecule has 0 fully saturated rings. The lowest BCUT2D eigenvalue weighted by Gasteiger charge is -2.19. The Balaban J connectivity index is 2.13. The van der Waals surface area contributed by atoms with Crippen LogP contribution in [0.15, 0.2) is 48.5 Å². The molecule has 0 aromatic heterocycles. The molecule has 0 radical (unpaired) electrons. The van der Waals surface area contributed by atoms with Gasteiger partial charge in [-0.2, -0.15) is 0 Å². The van der Waals surface area contributed by atoms with Crippen molar-refractivity contribution in [2.75, 3.05) is 0 Å². The van der Waals surface area contributed by atoms with Crippen LogP contribution in [-0.2, 0) is 17.6 Å². The van der Waals surface area contributed by atoms with Gasteiger partial charge in [-0.25, -0.2) is 4.79 Å². The summed E-state index contributed by atoms with van der Waals surface area (Å²) >= 11 is 0. The summed E-state index contributed by atoms with van der Waals surface area (Å²) < 4.78 is 11.6. The van der Waals surface area contributed by atoms with Crippen molar-refractivity contribution in [1.82, 2.24) is 0 Å². The molecule has 0 heterocycles. The van der Waals surface area contributed by atoms with Gasteiger partial charge in [-0.15, -0.1) is 0 Å². The smallest absolute Gasteiger partial charge is 0.426 e. The molecule has 0 aliphatic rings. The first-order valence-electron chi connectivity index (χ1n) is 11.7. The van der Waals surface area contributed by atoms with Crippen LogP contribution in [-0.4, -0.2) is 6.16 Å². The van der Waals surface area contributed by atoms with Crippen LogP contribution in [0.25, 0.3) is 0 Å². The van der Waals surface area contributed by atoms with E-state index in [2.05, 4.69) is 26.8 Å². The lowest BCUT2D eigenvalue weighted by Crippen LogP contribution is -2.16. The van der Waals surface area contributed by atoms with Gasteiger partial charge in [0.15, 0.2) is 0 Å². The van der Waals surface area contributed by atoms with Crippen LogP contribution < -0.4 is 4.74 Å². The van der Waals surface area contributed by atoms with Gasteiger partial charge in [-0.1, -0.05) is 88.9 Å². The zero-order valence-corrected chi connectivity index (χ0v) is 19.0. The van der Waals surface area contributed by atoms with E-state index in [1.54, 1.807) is 0 Å². The summed E-state index contributed by atoms with van der Waals surface area (Å²) in [5, 5.41) is 0. The van der Waals surface area contributed by atoms with Crippen LogP contribution >= 0.6 is 0 Å². The Morgan fingerprint density at radius 2 is 1.50 bits per heavy atom. The number of hydrogen-bond acceptors (Lipinski definition) is 3. The molecule has 3 nitrogen and oxygen atoms in total. The first kappa shape index (κ1) is 24.0. The minimum Gasteiger partial charge on any atom is -0.426 e. The SMILES string of the molecule is CCCCCC(OC(=O)Oc1cccc(CCCC)c1CCCC)c1ccccc1. The van der Waals surface area contributed by atoms with Gasteiger partial charge in [0, 0.05) is 0 Å². The van der Waals surface area contributed by atoms with E-state index >= 15 is 0 Å². The number of unbranched alkanes of at least 4 members (excludes halogenated alkanes) is 4. The van der Waals surface area contributed by atoms with Gasteiger partial charge in [-0.05, 0) is 61.3 Å². The minimum atomic E-state index is -0.606. The number of hydrogen-bond donors (Lipinski definition) is 0. The van der Waals surface area contributed by atoms with Crippen molar-refractivity contribution < 1.29 is 14.3 Å². The highest BCUT2D eigenvalue weighted by Crippen LogP contribution is 2.29. The Morgan fingerprint density at radius 1 is 0.800 bits per heavy atom. The maximum atomic E-state index is 12.7. The number of benzene rings is 2. The second kappa shape index (κ2) is 13.8. The predicted octanol–water partition coefficient (Wildman–Crippen LogP) is 8.21. The summed E-state index contributed by atoms with van der Waals surface area (Å²) in [6.07, 6.45) is 9.65. The molecular formula is C27H38O3. The van der Waals surface area contributed by atoms with Gasteiger partial charge in [0.1, 0.15) is 11.9 Å². The fraction of sp³-hybridized carbons (Fsp3) is 0.519. The van der Waals surface area contributed by atoms with Gasteiger partial charge < -0.3 is 9.47 Å². The van der Waals surface area contributed by atoms with E-state index in [0.717, 1.165) is 75.3 Å². The second-order valence-corrected chi connectivity index (χ2v) is 7.97. The minimum absolute atomic E-state index is 0.271. The lowest BCUT2D eigenvalue weighted by molar-refractivity contribution is 0.0526. The Kier molecular flexibility index (Phi) is 11.1. The summed E-state index contributed by atoms with van der Waals surface area (Å²) in [5.41, 5.74) is 3.47. The van der Waals surface area contributed by atoms with E-state index in [0.29, 0.717) is 5.75 Å². The highest BCUT2D eigenvalue weighted by molar-refractivity contribution is 5.65. The number of ether oxygens (including phenoxy) is 2. The third kappa shape index (κ3) is 7.85. The van der Waals surface area contributed by atoms with Crippen LogP contribution in [0.3, 0.4) is 0 Å². The van der Waals surface area contributed by atoms with Crippen molar-refractivity contribution in [3.63, 3.8) is 0 Å². The highest BCUT2D eigenvalue weighted by Gasteiger charge is 2.20. The Morgan fingerprint density at radius 3 is 2.20 bits per heavy atom. The molecule has 3 heteroatoms. The summed E-state index contributed by atoms with van der Waals surface area (Å²) in [6, 6.07) is 16.0. The average Bonchev–Trinajstić information content (AvgIpc) is 2.77. The monoisotopic (exact) mass is 410 g/mol. The third-order valence-corrected chi connectivity index (χ3v) is 5.48. The number of aryl methyl sites for hydroxylation is 1. The molecule has 30 heavy (non-hydrogen) atoms. The quantitative estimate of drug-likeness (QED) is 0.190. The van der Waals surface area contributed by atoms with E-state index in [-0.39, 0.29) is 6.10 Å². The number of carbonyl (C=O) groups excluding carboxylic acids is 1. The zero-order valence-electron chi connectivity index (χ0n) is 19.0. The molecule has 0 aliphatic carbocycles. The first-order chi connectivity index (χ1) is 14.7. The van der Waals surface area contributed by atoms with E-state index in [1.165, 1.54) is 5.56 Å². The topological polar surface area (TPSA) is 35.5 Å². The molecule has 1 unspecified atom stereocenters. The molecule has 0 amide bonds. The molecule has 1 atom stereocenters. The van der Waals surface area contributed by atoms with Crippen molar-refractivity contribution in [2.45, 2.75) is 91.1 Å². The molecule has 0 N–H and O–H groups in total. The van der Waals surface area contributed by atoms with Crippen LogP contribution in [0.1, 0.15) is 94.9 Å². The Bertz CT molecular complexity index is 739. The maximum absolute atomic E-state index is 12.7. The van der Waals surface area contributed by atoms with Crippen molar-refractivity contribution in [1.29, 1.82) is 0 Å². The summed E-state index contributed by atoms with van der Waals surface area (Å²) in [6.45, 7) is 6.56. The number of rotatable bonds is 13. The molecule has 0 aliphatic heterocycles. The van der Waals surface area contributed by atoms with E-state index in [1.807, 2.05) is 42.5 Å². The number of carbonyl (C=O) groups is 1. The summed E-state index contributed by atoms with van der Waals surface area (Å²) in [7, 11) is 0. The zero-order chi connectivity index (χ0) is 21.6. The molecule has 0 saturated heterocycles. The molecule has 2 aromatic rings. The van der Waals surface area contributed by atoms with Crippen molar-refractivity contribution in [3.05, 3.63) is 65.2 Å². The Hall–Kier alpha value is -2.29. The molecule has 2 aromatic carbocycles. The largest absolute Gasteiger partial charge is 0.514 e. The summed E-state index contributed by atoms with van der Waals surface area (Å²) in [5.74, 6) is 0.655. The van der Waals surface area contributed by atoms with E-state index in [9.17, 15) is 4.79 Å². The molecule has 0 bridgehead atoms.